The lowest BCUT2D eigenvalue weighted by atomic mass is 9.68. The molecule has 1 amide bonds. The average Bonchev–Trinajstić information content (AvgIpc) is 2.75. The van der Waals surface area contributed by atoms with Crippen LogP contribution in [0.3, 0.4) is 0 Å². The van der Waals surface area contributed by atoms with E-state index in [9.17, 15) is 4.79 Å². The highest BCUT2D eigenvalue weighted by atomic mass is 35.5. The molecule has 1 fully saturated rings. The number of methoxy groups -OCH3 is 1. The molecule has 1 aliphatic rings. The molecule has 6 nitrogen and oxygen atoms in total. The third kappa shape index (κ3) is 4.51. The third-order valence-electron chi connectivity index (χ3n) is 5.77. The molecule has 1 heterocycles. The lowest BCUT2D eigenvalue weighted by molar-refractivity contribution is 0.0501. The Kier molecular flexibility index (Phi) is 6.99. The van der Waals surface area contributed by atoms with Gasteiger partial charge in [-0.15, -0.1) is 5.10 Å². The van der Waals surface area contributed by atoms with E-state index >= 15 is 0 Å². The van der Waals surface area contributed by atoms with Gasteiger partial charge in [-0.3, -0.25) is 4.79 Å². The second kappa shape index (κ2) is 9.45. The van der Waals surface area contributed by atoms with Gasteiger partial charge >= 0.3 is 0 Å². The average molecular weight is 403 g/mol. The van der Waals surface area contributed by atoms with E-state index in [-0.39, 0.29) is 17.4 Å². The summed E-state index contributed by atoms with van der Waals surface area (Å²) in [5.41, 5.74) is 7.67. The SMILES string of the molecule is COCCN(C(=O)c1cccnn1)C1CCC(CN)(c2cccc(Cl)c2)CC1. The van der Waals surface area contributed by atoms with Crippen molar-refractivity contribution < 1.29 is 9.53 Å². The van der Waals surface area contributed by atoms with E-state index in [1.54, 1.807) is 25.4 Å². The second-order valence-corrected chi connectivity index (χ2v) is 7.76. The summed E-state index contributed by atoms with van der Waals surface area (Å²) < 4.78 is 5.23. The van der Waals surface area contributed by atoms with E-state index in [1.165, 1.54) is 5.56 Å². The number of amides is 1. The fraction of sp³-hybridized carbons (Fsp3) is 0.476. The lowest BCUT2D eigenvalue weighted by Gasteiger charge is -2.43. The maximum absolute atomic E-state index is 13.0. The monoisotopic (exact) mass is 402 g/mol. The highest BCUT2D eigenvalue weighted by Gasteiger charge is 2.38. The highest BCUT2D eigenvalue weighted by molar-refractivity contribution is 6.30. The summed E-state index contributed by atoms with van der Waals surface area (Å²) in [6.45, 7) is 1.58. The number of nitrogens with two attached hydrogens (primary N) is 1. The molecule has 0 spiro atoms. The number of benzene rings is 1. The first-order valence-corrected chi connectivity index (χ1v) is 10.0. The van der Waals surface area contributed by atoms with Crippen LogP contribution in [0, 0.1) is 0 Å². The van der Waals surface area contributed by atoms with Crippen LogP contribution < -0.4 is 5.73 Å². The quantitative estimate of drug-likeness (QED) is 0.769. The van der Waals surface area contributed by atoms with Crippen molar-refractivity contribution in [2.24, 2.45) is 5.73 Å². The zero-order valence-electron chi connectivity index (χ0n) is 16.2. The normalized spacial score (nSPS) is 22.0. The molecule has 7 heteroatoms. The number of halogens is 1. The van der Waals surface area contributed by atoms with E-state index in [1.807, 2.05) is 23.1 Å². The van der Waals surface area contributed by atoms with Gasteiger partial charge in [-0.2, -0.15) is 5.10 Å². The first-order valence-electron chi connectivity index (χ1n) is 9.63. The molecule has 150 valence electrons. The van der Waals surface area contributed by atoms with Crippen molar-refractivity contribution in [2.75, 3.05) is 26.8 Å². The van der Waals surface area contributed by atoms with E-state index in [0.717, 1.165) is 30.7 Å². The van der Waals surface area contributed by atoms with Gasteiger partial charge in [-0.05, 0) is 55.5 Å². The van der Waals surface area contributed by atoms with E-state index in [2.05, 4.69) is 16.3 Å². The minimum absolute atomic E-state index is 0.0933. The van der Waals surface area contributed by atoms with Crippen molar-refractivity contribution in [1.82, 2.24) is 15.1 Å². The molecular weight excluding hydrogens is 376 g/mol. The number of rotatable bonds is 7. The third-order valence-corrected chi connectivity index (χ3v) is 6.00. The minimum Gasteiger partial charge on any atom is -0.383 e. The van der Waals surface area contributed by atoms with Crippen LogP contribution in [-0.2, 0) is 10.2 Å². The van der Waals surface area contributed by atoms with Gasteiger partial charge in [0.05, 0.1) is 6.61 Å². The van der Waals surface area contributed by atoms with Gasteiger partial charge in [0.2, 0.25) is 0 Å². The Hall–Kier alpha value is -2.02. The van der Waals surface area contributed by atoms with Crippen molar-refractivity contribution in [1.29, 1.82) is 0 Å². The van der Waals surface area contributed by atoms with Crippen LogP contribution >= 0.6 is 11.6 Å². The molecule has 1 aromatic heterocycles. The van der Waals surface area contributed by atoms with Crippen molar-refractivity contribution in [2.45, 2.75) is 37.1 Å². The Morgan fingerprint density at radius 2 is 2.11 bits per heavy atom. The summed E-state index contributed by atoms with van der Waals surface area (Å²) in [7, 11) is 1.64. The first kappa shape index (κ1) is 20.7. The Morgan fingerprint density at radius 3 is 2.71 bits per heavy atom. The van der Waals surface area contributed by atoms with Gasteiger partial charge in [0.15, 0.2) is 5.69 Å². The fourth-order valence-electron chi connectivity index (χ4n) is 4.10. The Balaban J connectivity index is 1.76. The van der Waals surface area contributed by atoms with Crippen molar-refractivity contribution in [3.63, 3.8) is 0 Å². The highest BCUT2D eigenvalue weighted by Crippen LogP contribution is 2.41. The van der Waals surface area contributed by atoms with Gasteiger partial charge in [0.25, 0.3) is 5.91 Å². The summed E-state index contributed by atoms with van der Waals surface area (Å²) >= 11 is 6.21. The molecule has 2 aromatic rings. The molecule has 1 aliphatic carbocycles. The number of nitrogens with zero attached hydrogens (tertiary/aromatic N) is 3. The van der Waals surface area contributed by atoms with Crippen LogP contribution in [0.25, 0.3) is 0 Å². The molecule has 0 unspecified atom stereocenters. The molecule has 0 saturated heterocycles. The number of carbonyl (C=O) groups is 1. The fourth-order valence-corrected chi connectivity index (χ4v) is 4.29. The Morgan fingerprint density at radius 1 is 1.32 bits per heavy atom. The van der Waals surface area contributed by atoms with Crippen molar-refractivity contribution >= 4 is 17.5 Å². The first-order chi connectivity index (χ1) is 13.6. The van der Waals surface area contributed by atoms with Crippen LogP contribution in [0.2, 0.25) is 5.02 Å². The van der Waals surface area contributed by atoms with Crippen molar-refractivity contribution in [3.8, 4) is 0 Å². The molecule has 1 aromatic carbocycles. The van der Waals surface area contributed by atoms with Gasteiger partial charge in [0.1, 0.15) is 0 Å². The number of ether oxygens (including phenoxy) is 1. The molecule has 0 bridgehead atoms. The largest absolute Gasteiger partial charge is 0.383 e. The van der Waals surface area contributed by atoms with Crippen LogP contribution in [-0.4, -0.2) is 53.9 Å². The maximum Gasteiger partial charge on any atom is 0.274 e. The number of aromatic nitrogens is 2. The summed E-state index contributed by atoms with van der Waals surface area (Å²) in [6.07, 6.45) is 5.13. The Bertz CT molecular complexity index is 779. The Labute approximate surface area is 171 Å². The van der Waals surface area contributed by atoms with E-state index in [4.69, 9.17) is 22.1 Å². The molecule has 0 aliphatic heterocycles. The second-order valence-electron chi connectivity index (χ2n) is 7.33. The maximum atomic E-state index is 13.0. The van der Waals surface area contributed by atoms with Crippen LogP contribution in [0.15, 0.2) is 42.6 Å². The summed E-state index contributed by atoms with van der Waals surface area (Å²) in [5.74, 6) is -0.0989. The zero-order chi connectivity index (χ0) is 20.0. The van der Waals surface area contributed by atoms with Gasteiger partial charge in [0, 0.05) is 42.9 Å². The van der Waals surface area contributed by atoms with E-state index in [0.29, 0.717) is 25.4 Å². The molecular formula is C21H27ClN4O2. The summed E-state index contributed by atoms with van der Waals surface area (Å²) in [5, 5.41) is 8.56. The predicted octanol–water partition coefficient (Wildman–Crippen LogP) is 3.06. The predicted molar refractivity (Wildman–Crippen MR) is 109 cm³/mol. The molecule has 28 heavy (non-hydrogen) atoms. The van der Waals surface area contributed by atoms with Crippen LogP contribution in [0.1, 0.15) is 41.7 Å². The van der Waals surface area contributed by atoms with Crippen molar-refractivity contribution in [3.05, 3.63) is 58.9 Å². The molecule has 3 rings (SSSR count). The topological polar surface area (TPSA) is 81.3 Å². The summed E-state index contributed by atoms with van der Waals surface area (Å²) in [6, 6.07) is 11.5. The number of hydrogen-bond donors (Lipinski definition) is 1. The van der Waals surface area contributed by atoms with Gasteiger partial charge in [-0.1, -0.05) is 23.7 Å². The standard InChI is InChI=1S/C21H27ClN4O2/c1-28-13-12-26(20(27)19-6-3-11-24-25-19)18-7-9-21(15-23,10-8-18)16-4-2-5-17(22)14-16/h2-6,11,14,18H,7-10,12-13,15,23H2,1H3. The molecule has 2 N–H and O–H groups in total. The lowest BCUT2D eigenvalue weighted by Crippen LogP contribution is -2.48. The van der Waals surface area contributed by atoms with Crippen LogP contribution in [0.5, 0.6) is 0 Å². The smallest absolute Gasteiger partial charge is 0.274 e. The molecule has 0 radical (unpaired) electrons. The number of hydrogen-bond acceptors (Lipinski definition) is 5. The van der Waals surface area contributed by atoms with Crippen LogP contribution in [0.4, 0.5) is 0 Å². The van der Waals surface area contributed by atoms with Gasteiger partial charge < -0.3 is 15.4 Å². The van der Waals surface area contributed by atoms with E-state index < -0.39 is 0 Å². The zero-order valence-corrected chi connectivity index (χ0v) is 16.9. The minimum atomic E-state index is -0.0989. The van der Waals surface area contributed by atoms with Gasteiger partial charge in [-0.25, -0.2) is 0 Å². The summed E-state index contributed by atoms with van der Waals surface area (Å²) in [4.78, 5) is 14.9. The molecule has 0 atom stereocenters. The molecule has 1 saturated carbocycles. The number of carbonyl (C=O) groups excluding carboxylic acids is 1.